The van der Waals surface area contributed by atoms with Crippen LogP contribution in [0, 0.1) is 11.8 Å². The minimum Gasteiger partial charge on any atom is -0.481 e. The summed E-state index contributed by atoms with van der Waals surface area (Å²) in [7, 11) is 0. The summed E-state index contributed by atoms with van der Waals surface area (Å²) in [6.07, 6.45) is 5.45. The highest BCUT2D eigenvalue weighted by atomic mass is 16.4. The van der Waals surface area contributed by atoms with Crippen molar-refractivity contribution in [2.24, 2.45) is 17.6 Å². The number of aliphatic carboxylic acids is 1. The fourth-order valence-electron chi connectivity index (χ4n) is 2.78. The Hall–Kier alpha value is -0.610. The van der Waals surface area contributed by atoms with E-state index in [0.29, 0.717) is 12.5 Å². The first-order chi connectivity index (χ1) is 7.63. The summed E-state index contributed by atoms with van der Waals surface area (Å²) in [4.78, 5) is 12.8. The Morgan fingerprint density at radius 2 is 2.06 bits per heavy atom. The van der Waals surface area contributed by atoms with Gasteiger partial charge in [0, 0.05) is 25.7 Å². The first-order valence-electron chi connectivity index (χ1n) is 6.33. The van der Waals surface area contributed by atoms with E-state index in [-0.39, 0.29) is 12.5 Å². The van der Waals surface area contributed by atoms with Crippen molar-refractivity contribution in [1.29, 1.82) is 0 Å². The zero-order valence-corrected chi connectivity index (χ0v) is 9.77. The zero-order chi connectivity index (χ0) is 11.5. The summed E-state index contributed by atoms with van der Waals surface area (Å²) >= 11 is 0. The summed E-state index contributed by atoms with van der Waals surface area (Å²) in [5, 5.41) is 8.67. The first kappa shape index (κ1) is 11.9. The number of nitrogens with two attached hydrogens (primary N) is 1. The van der Waals surface area contributed by atoms with Gasteiger partial charge >= 0.3 is 5.97 Å². The average molecular weight is 226 g/mol. The molecule has 2 atom stereocenters. The maximum absolute atomic E-state index is 10.5. The van der Waals surface area contributed by atoms with Crippen molar-refractivity contribution < 1.29 is 9.90 Å². The monoisotopic (exact) mass is 226 g/mol. The van der Waals surface area contributed by atoms with E-state index in [4.69, 9.17) is 10.8 Å². The lowest BCUT2D eigenvalue weighted by molar-refractivity contribution is -0.137. The van der Waals surface area contributed by atoms with Crippen molar-refractivity contribution in [2.45, 2.75) is 38.1 Å². The Balaban J connectivity index is 1.76. The van der Waals surface area contributed by atoms with Gasteiger partial charge in [0.05, 0.1) is 6.42 Å². The van der Waals surface area contributed by atoms with Gasteiger partial charge in [-0.2, -0.15) is 0 Å². The molecule has 1 aliphatic carbocycles. The minimum absolute atomic E-state index is 0.239. The standard InChI is InChI=1S/C12H22N2O2/c13-11-6-10(5-9-1-2-9)7-14(8-11)4-3-12(15)16/h9-11H,1-8,13H2,(H,15,16). The van der Waals surface area contributed by atoms with Crippen molar-refractivity contribution in [2.75, 3.05) is 19.6 Å². The number of likely N-dealkylation sites (tertiary alicyclic amines) is 1. The summed E-state index contributed by atoms with van der Waals surface area (Å²) in [6, 6.07) is 0.242. The Kier molecular flexibility index (Phi) is 3.82. The molecule has 2 aliphatic rings. The highest BCUT2D eigenvalue weighted by molar-refractivity contribution is 5.66. The Morgan fingerprint density at radius 3 is 2.69 bits per heavy atom. The Labute approximate surface area is 96.8 Å². The molecule has 1 saturated heterocycles. The molecule has 0 spiro atoms. The lowest BCUT2D eigenvalue weighted by atomic mass is 9.90. The van der Waals surface area contributed by atoms with Crippen LogP contribution >= 0.6 is 0 Å². The van der Waals surface area contributed by atoms with Gasteiger partial charge in [0.2, 0.25) is 0 Å². The average Bonchev–Trinajstić information content (AvgIpc) is 2.98. The number of carboxylic acid groups (broad SMARTS) is 1. The quantitative estimate of drug-likeness (QED) is 0.731. The van der Waals surface area contributed by atoms with Crippen LogP contribution in [0.15, 0.2) is 0 Å². The van der Waals surface area contributed by atoms with E-state index < -0.39 is 5.97 Å². The predicted octanol–water partition coefficient (Wildman–Crippen LogP) is 0.910. The summed E-state index contributed by atoms with van der Waals surface area (Å²) in [5.74, 6) is 0.930. The first-order valence-corrected chi connectivity index (χ1v) is 6.33. The van der Waals surface area contributed by atoms with Crippen molar-refractivity contribution in [3.63, 3.8) is 0 Å². The summed E-state index contributed by atoms with van der Waals surface area (Å²) < 4.78 is 0. The van der Waals surface area contributed by atoms with Crippen molar-refractivity contribution in [1.82, 2.24) is 4.90 Å². The molecule has 0 radical (unpaired) electrons. The van der Waals surface area contributed by atoms with Crippen LogP contribution in [0.1, 0.15) is 32.1 Å². The second-order valence-electron chi connectivity index (χ2n) is 5.44. The molecule has 0 aromatic heterocycles. The molecule has 1 saturated carbocycles. The second kappa shape index (κ2) is 5.15. The Bertz CT molecular complexity index is 251. The molecule has 4 nitrogen and oxygen atoms in total. The summed E-state index contributed by atoms with van der Waals surface area (Å²) in [6.45, 7) is 2.58. The molecule has 4 heteroatoms. The van der Waals surface area contributed by atoms with Crippen molar-refractivity contribution in [3.05, 3.63) is 0 Å². The highest BCUT2D eigenvalue weighted by Crippen LogP contribution is 2.37. The van der Waals surface area contributed by atoms with Crippen molar-refractivity contribution >= 4 is 5.97 Å². The number of hydrogen-bond acceptors (Lipinski definition) is 3. The smallest absolute Gasteiger partial charge is 0.304 e. The molecule has 16 heavy (non-hydrogen) atoms. The van der Waals surface area contributed by atoms with Gasteiger partial charge in [-0.3, -0.25) is 4.79 Å². The second-order valence-corrected chi connectivity index (χ2v) is 5.44. The molecule has 92 valence electrons. The van der Waals surface area contributed by atoms with E-state index in [2.05, 4.69) is 4.90 Å². The summed E-state index contributed by atoms with van der Waals surface area (Å²) in [5.41, 5.74) is 6.03. The third kappa shape index (κ3) is 3.76. The maximum Gasteiger partial charge on any atom is 0.304 e. The number of rotatable bonds is 5. The molecular weight excluding hydrogens is 204 g/mol. The van der Waals surface area contributed by atoms with E-state index in [0.717, 1.165) is 25.4 Å². The normalized spacial score (nSPS) is 31.6. The lowest BCUT2D eigenvalue weighted by Gasteiger charge is -2.36. The maximum atomic E-state index is 10.5. The fourth-order valence-corrected chi connectivity index (χ4v) is 2.78. The van der Waals surface area contributed by atoms with Crippen LogP contribution in [-0.4, -0.2) is 41.7 Å². The minimum atomic E-state index is -0.710. The largest absolute Gasteiger partial charge is 0.481 e. The van der Waals surface area contributed by atoms with Gasteiger partial charge in [0.15, 0.2) is 0 Å². The van der Waals surface area contributed by atoms with Crippen LogP contribution in [0.3, 0.4) is 0 Å². The van der Waals surface area contributed by atoms with Gasteiger partial charge in [-0.25, -0.2) is 0 Å². The van der Waals surface area contributed by atoms with Crippen molar-refractivity contribution in [3.8, 4) is 0 Å². The Morgan fingerprint density at radius 1 is 1.31 bits per heavy atom. The molecule has 2 rings (SSSR count). The van der Waals surface area contributed by atoms with E-state index in [1.165, 1.54) is 19.3 Å². The number of piperidine rings is 1. The number of hydrogen-bond donors (Lipinski definition) is 2. The molecule has 0 amide bonds. The number of carboxylic acids is 1. The molecule has 2 fully saturated rings. The fraction of sp³-hybridized carbons (Fsp3) is 0.917. The van der Waals surface area contributed by atoms with Crippen LogP contribution in [0.25, 0.3) is 0 Å². The molecule has 2 unspecified atom stereocenters. The number of carbonyl (C=O) groups is 1. The highest BCUT2D eigenvalue weighted by Gasteiger charge is 2.30. The topological polar surface area (TPSA) is 66.6 Å². The van der Waals surface area contributed by atoms with E-state index in [9.17, 15) is 4.79 Å². The van der Waals surface area contributed by atoms with E-state index in [1.807, 2.05) is 0 Å². The molecule has 1 heterocycles. The van der Waals surface area contributed by atoms with Gasteiger partial charge in [-0.15, -0.1) is 0 Å². The number of nitrogens with zero attached hydrogens (tertiary/aromatic N) is 1. The third-order valence-electron chi connectivity index (χ3n) is 3.65. The molecule has 0 aromatic carbocycles. The third-order valence-corrected chi connectivity index (χ3v) is 3.65. The van der Waals surface area contributed by atoms with Gasteiger partial charge in [0.25, 0.3) is 0 Å². The predicted molar refractivity (Wildman–Crippen MR) is 62.1 cm³/mol. The van der Waals surface area contributed by atoms with Crippen LogP contribution in [0.4, 0.5) is 0 Å². The van der Waals surface area contributed by atoms with Crippen LogP contribution < -0.4 is 5.73 Å². The van der Waals surface area contributed by atoms with Crippen LogP contribution in [-0.2, 0) is 4.79 Å². The van der Waals surface area contributed by atoms with E-state index in [1.54, 1.807) is 0 Å². The van der Waals surface area contributed by atoms with Gasteiger partial charge in [0.1, 0.15) is 0 Å². The molecular formula is C12H22N2O2. The SMILES string of the molecule is NC1CC(CC2CC2)CN(CCC(=O)O)C1. The molecule has 3 N–H and O–H groups in total. The van der Waals surface area contributed by atoms with Gasteiger partial charge in [-0.05, 0) is 24.7 Å². The van der Waals surface area contributed by atoms with Crippen LogP contribution in [0.5, 0.6) is 0 Å². The molecule has 1 aliphatic heterocycles. The van der Waals surface area contributed by atoms with E-state index >= 15 is 0 Å². The molecule has 0 bridgehead atoms. The van der Waals surface area contributed by atoms with Gasteiger partial charge < -0.3 is 15.7 Å². The van der Waals surface area contributed by atoms with Crippen LogP contribution in [0.2, 0.25) is 0 Å². The van der Waals surface area contributed by atoms with Gasteiger partial charge in [-0.1, -0.05) is 12.8 Å². The molecule has 0 aromatic rings. The zero-order valence-electron chi connectivity index (χ0n) is 9.77. The lowest BCUT2D eigenvalue weighted by Crippen LogP contribution is -2.47.